The largest absolute Gasteiger partial charge is 0.350 e. The average Bonchev–Trinajstić information content (AvgIpc) is 2.77. The van der Waals surface area contributed by atoms with Gasteiger partial charge in [0.2, 0.25) is 11.0 Å². The first-order valence-corrected chi connectivity index (χ1v) is 8.12. The second-order valence-electron chi connectivity index (χ2n) is 5.68. The van der Waals surface area contributed by atoms with Gasteiger partial charge in [0.1, 0.15) is 0 Å². The number of hydrogen-bond acceptors (Lipinski definition) is 5. The lowest BCUT2D eigenvalue weighted by molar-refractivity contribution is -0.121. The minimum absolute atomic E-state index is 0.0513. The SMILES string of the molecule is CC(=O)N[C@]1(C)[C@@H]2CC[C@H]1CN(c1nnc(Br)s1)C2. The summed E-state index contributed by atoms with van der Waals surface area (Å²) in [6.07, 6.45) is 2.36. The molecule has 1 aromatic heterocycles. The van der Waals surface area contributed by atoms with Gasteiger partial charge >= 0.3 is 0 Å². The summed E-state index contributed by atoms with van der Waals surface area (Å²) in [7, 11) is 0. The van der Waals surface area contributed by atoms with Crippen LogP contribution in [-0.2, 0) is 4.79 Å². The fourth-order valence-electron chi connectivity index (χ4n) is 3.57. The van der Waals surface area contributed by atoms with Gasteiger partial charge < -0.3 is 10.2 Å². The molecule has 0 aromatic carbocycles. The molecule has 1 amide bonds. The van der Waals surface area contributed by atoms with E-state index in [4.69, 9.17) is 0 Å². The summed E-state index contributed by atoms with van der Waals surface area (Å²) in [6.45, 7) is 5.72. The predicted octanol–water partition coefficient (Wildman–Crippen LogP) is 2.04. The number of hydrogen-bond donors (Lipinski definition) is 1. The van der Waals surface area contributed by atoms with Crippen LogP contribution in [0.3, 0.4) is 0 Å². The third-order valence-corrected chi connectivity index (χ3v) is 5.96. The first kappa shape index (κ1) is 13.3. The third-order valence-electron chi connectivity index (χ3n) is 4.55. The van der Waals surface area contributed by atoms with Crippen LogP contribution in [0.5, 0.6) is 0 Å². The van der Waals surface area contributed by atoms with Gasteiger partial charge in [0.25, 0.3) is 0 Å². The number of piperidine rings is 1. The Balaban J connectivity index is 1.80. The molecular weight excluding hydrogens is 328 g/mol. The van der Waals surface area contributed by atoms with E-state index in [1.807, 2.05) is 0 Å². The molecule has 0 radical (unpaired) electrons. The number of amides is 1. The van der Waals surface area contributed by atoms with Crippen LogP contribution in [0, 0.1) is 11.8 Å². The summed E-state index contributed by atoms with van der Waals surface area (Å²) < 4.78 is 0.824. The minimum atomic E-state index is -0.0513. The van der Waals surface area contributed by atoms with E-state index in [1.54, 1.807) is 18.3 Å². The standard InChI is InChI=1S/C12H17BrN4OS/c1-7(18)14-12(2)8-3-4-9(12)6-17(5-8)11-16-15-10(13)19-11/h8-9H,3-6H2,1-2H3,(H,14,18)/t8-,9+,12-. The maximum Gasteiger partial charge on any atom is 0.217 e. The van der Waals surface area contributed by atoms with Crippen molar-refractivity contribution in [3.8, 4) is 0 Å². The van der Waals surface area contributed by atoms with Gasteiger partial charge in [-0.25, -0.2) is 0 Å². The highest BCUT2D eigenvalue weighted by atomic mass is 79.9. The van der Waals surface area contributed by atoms with Crippen LogP contribution in [0.2, 0.25) is 0 Å². The normalized spacial score (nSPS) is 33.5. The molecule has 1 aliphatic heterocycles. The first-order chi connectivity index (χ1) is 8.99. The average molecular weight is 345 g/mol. The van der Waals surface area contributed by atoms with E-state index < -0.39 is 0 Å². The van der Waals surface area contributed by atoms with Crippen molar-refractivity contribution >= 4 is 38.3 Å². The maximum absolute atomic E-state index is 11.4. The molecule has 1 aliphatic carbocycles. The summed E-state index contributed by atoms with van der Waals surface area (Å²) in [5, 5.41) is 12.4. The van der Waals surface area contributed by atoms with E-state index in [-0.39, 0.29) is 11.4 Å². The highest BCUT2D eigenvalue weighted by Gasteiger charge is 2.51. The van der Waals surface area contributed by atoms with E-state index in [0.717, 1.165) is 22.1 Å². The van der Waals surface area contributed by atoms with Crippen LogP contribution in [0.4, 0.5) is 5.13 Å². The molecule has 0 unspecified atom stereocenters. The molecule has 1 aromatic rings. The van der Waals surface area contributed by atoms with Crippen molar-refractivity contribution in [2.75, 3.05) is 18.0 Å². The second-order valence-corrected chi connectivity index (χ2v) is 7.91. The molecule has 1 saturated carbocycles. The number of nitrogens with one attached hydrogen (secondary N) is 1. The van der Waals surface area contributed by atoms with Crippen molar-refractivity contribution in [1.82, 2.24) is 15.5 Å². The van der Waals surface area contributed by atoms with Crippen LogP contribution in [0.25, 0.3) is 0 Å². The zero-order valence-corrected chi connectivity index (χ0v) is 13.4. The van der Waals surface area contributed by atoms with Crippen molar-refractivity contribution < 1.29 is 4.79 Å². The summed E-state index contributed by atoms with van der Waals surface area (Å²) in [5.41, 5.74) is -0.0513. The Morgan fingerprint density at radius 1 is 1.42 bits per heavy atom. The van der Waals surface area contributed by atoms with Crippen molar-refractivity contribution in [1.29, 1.82) is 0 Å². The molecule has 7 heteroatoms. The van der Waals surface area contributed by atoms with E-state index in [1.165, 1.54) is 12.8 Å². The van der Waals surface area contributed by atoms with Crippen LogP contribution < -0.4 is 10.2 Å². The van der Waals surface area contributed by atoms with Gasteiger partial charge in [-0.3, -0.25) is 4.79 Å². The summed E-state index contributed by atoms with van der Waals surface area (Å²) in [5.74, 6) is 1.07. The molecule has 2 heterocycles. The van der Waals surface area contributed by atoms with Crippen molar-refractivity contribution in [3.63, 3.8) is 0 Å². The Morgan fingerprint density at radius 3 is 2.53 bits per heavy atom. The van der Waals surface area contributed by atoms with Crippen LogP contribution in [0.1, 0.15) is 26.7 Å². The Morgan fingerprint density at radius 2 is 2.05 bits per heavy atom. The zero-order valence-electron chi connectivity index (χ0n) is 11.0. The Kier molecular flexibility index (Phi) is 3.29. The monoisotopic (exact) mass is 344 g/mol. The molecule has 1 N–H and O–H groups in total. The summed E-state index contributed by atoms with van der Waals surface area (Å²) >= 11 is 4.93. The van der Waals surface area contributed by atoms with Crippen LogP contribution in [-0.4, -0.2) is 34.7 Å². The van der Waals surface area contributed by atoms with E-state index in [9.17, 15) is 4.79 Å². The number of anilines is 1. The molecule has 5 nitrogen and oxygen atoms in total. The summed E-state index contributed by atoms with van der Waals surface area (Å²) in [4.78, 5) is 13.8. The fourth-order valence-corrected chi connectivity index (χ4v) is 4.68. The quantitative estimate of drug-likeness (QED) is 0.891. The second kappa shape index (κ2) is 4.70. The molecule has 2 bridgehead atoms. The smallest absolute Gasteiger partial charge is 0.217 e. The third kappa shape index (κ3) is 2.27. The van der Waals surface area contributed by atoms with Gasteiger partial charge in [0, 0.05) is 25.6 Å². The van der Waals surface area contributed by atoms with Gasteiger partial charge in [-0.2, -0.15) is 0 Å². The number of carbonyl (C=O) groups is 1. The molecule has 104 valence electrons. The highest BCUT2D eigenvalue weighted by Crippen LogP contribution is 2.46. The number of nitrogens with zero attached hydrogens (tertiary/aromatic N) is 3. The predicted molar refractivity (Wildman–Crippen MR) is 78.3 cm³/mol. The van der Waals surface area contributed by atoms with Gasteiger partial charge in [-0.05, 0) is 47.5 Å². The number of carbonyl (C=O) groups excluding carboxylic acids is 1. The lowest BCUT2D eigenvalue weighted by Gasteiger charge is -2.45. The number of rotatable bonds is 2. The first-order valence-electron chi connectivity index (χ1n) is 6.51. The van der Waals surface area contributed by atoms with Crippen molar-refractivity contribution in [2.24, 2.45) is 11.8 Å². The lowest BCUT2D eigenvalue weighted by atomic mass is 9.78. The number of fused-ring (bicyclic) bond motifs is 2. The minimum Gasteiger partial charge on any atom is -0.350 e. The highest BCUT2D eigenvalue weighted by molar-refractivity contribution is 9.11. The van der Waals surface area contributed by atoms with Crippen LogP contribution in [0.15, 0.2) is 3.92 Å². The molecular formula is C12H17BrN4OS. The van der Waals surface area contributed by atoms with Crippen molar-refractivity contribution in [3.05, 3.63) is 3.92 Å². The number of halogens is 1. The van der Waals surface area contributed by atoms with Crippen LogP contribution >= 0.6 is 27.3 Å². The van der Waals surface area contributed by atoms with Gasteiger partial charge in [0.05, 0.1) is 0 Å². The van der Waals surface area contributed by atoms with Crippen molar-refractivity contribution in [2.45, 2.75) is 32.2 Å². The Hall–Kier alpha value is -0.690. The van der Waals surface area contributed by atoms with E-state index in [0.29, 0.717) is 11.8 Å². The molecule has 19 heavy (non-hydrogen) atoms. The molecule has 3 atom stereocenters. The topological polar surface area (TPSA) is 58.1 Å². The Labute approximate surface area is 124 Å². The fraction of sp³-hybridized carbons (Fsp3) is 0.750. The van der Waals surface area contributed by atoms with Gasteiger partial charge in [0.15, 0.2) is 3.92 Å². The molecule has 1 saturated heterocycles. The number of aromatic nitrogens is 2. The van der Waals surface area contributed by atoms with E-state index >= 15 is 0 Å². The van der Waals surface area contributed by atoms with Gasteiger partial charge in [-0.1, -0.05) is 11.3 Å². The molecule has 3 rings (SSSR count). The summed E-state index contributed by atoms with van der Waals surface area (Å²) in [6, 6.07) is 0. The maximum atomic E-state index is 11.4. The lowest BCUT2D eigenvalue weighted by Crippen LogP contribution is -2.61. The molecule has 2 fully saturated rings. The Bertz CT molecular complexity index is 492. The molecule has 2 aliphatic rings. The van der Waals surface area contributed by atoms with E-state index in [2.05, 4.69) is 43.3 Å². The van der Waals surface area contributed by atoms with Gasteiger partial charge in [-0.15, -0.1) is 10.2 Å². The zero-order chi connectivity index (χ0) is 13.6. The molecule has 0 spiro atoms.